The van der Waals surface area contributed by atoms with E-state index < -0.39 is 0 Å². The zero-order valence-electron chi connectivity index (χ0n) is 8.88. The molecule has 0 atom stereocenters. The summed E-state index contributed by atoms with van der Waals surface area (Å²) in [7, 11) is 0. The molecule has 0 bridgehead atoms. The largest absolute Gasteiger partial charge is 0.343 e. The van der Waals surface area contributed by atoms with Crippen LogP contribution in [0.25, 0.3) is 0 Å². The molecule has 3 heterocycles. The maximum Gasteiger partial charge on any atom is 0.343 e. The Morgan fingerprint density at radius 3 is 3.06 bits per heavy atom. The zero-order chi connectivity index (χ0) is 11.8. The van der Waals surface area contributed by atoms with Gasteiger partial charge >= 0.3 is 5.69 Å². The van der Waals surface area contributed by atoms with Gasteiger partial charge < -0.3 is 4.90 Å². The molecule has 2 aromatic rings. The van der Waals surface area contributed by atoms with Gasteiger partial charge in [-0.2, -0.15) is 10.2 Å². The average Bonchev–Trinajstić information content (AvgIpc) is 2.98. The number of nitrogens with zero attached hydrogens (tertiary/aromatic N) is 4. The van der Waals surface area contributed by atoms with Crippen molar-refractivity contribution in [2.24, 2.45) is 0 Å². The van der Waals surface area contributed by atoms with E-state index in [2.05, 4.69) is 20.4 Å². The summed E-state index contributed by atoms with van der Waals surface area (Å²) in [5.74, 6) is 0.471. The normalized spacial score (nSPS) is 14.7. The Kier molecular flexibility index (Phi) is 2.07. The van der Waals surface area contributed by atoms with Crippen LogP contribution in [0.15, 0.2) is 17.2 Å². The van der Waals surface area contributed by atoms with Crippen LogP contribution in [-0.4, -0.2) is 42.3 Å². The SMILES string of the molecule is O=C(c1cn[nH]c1)N1CCn2c(n[nH]c2=O)C1. The van der Waals surface area contributed by atoms with E-state index >= 15 is 0 Å². The summed E-state index contributed by atoms with van der Waals surface area (Å²) in [5.41, 5.74) is 0.284. The Morgan fingerprint density at radius 1 is 1.41 bits per heavy atom. The predicted molar refractivity (Wildman–Crippen MR) is 56.2 cm³/mol. The van der Waals surface area contributed by atoms with Crippen LogP contribution < -0.4 is 5.69 Å². The lowest BCUT2D eigenvalue weighted by Gasteiger charge is -2.26. The smallest absolute Gasteiger partial charge is 0.329 e. The van der Waals surface area contributed by atoms with Gasteiger partial charge in [-0.1, -0.05) is 0 Å². The molecular formula is C9H10N6O2. The van der Waals surface area contributed by atoms with Gasteiger partial charge in [-0.25, -0.2) is 9.89 Å². The molecule has 2 N–H and O–H groups in total. The van der Waals surface area contributed by atoms with Crippen LogP contribution in [0, 0.1) is 0 Å². The van der Waals surface area contributed by atoms with E-state index in [1.165, 1.54) is 6.20 Å². The minimum atomic E-state index is -0.226. The molecule has 3 rings (SSSR count). The van der Waals surface area contributed by atoms with Crippen LogP contribution in [-0.2, 0) is 13.1 Å². The average molecular weight is 234 g/mol. The van der Waals surface area contributed by atoms with Crippen molar-refractivity contribution in [3.8, 4) is 0 Å². The number of rotatable bonds is 1. The molecule has 17 heavy (non-hydrogen) atoms. The van der Waals surface area contributed by atoms with Crippen LogP contribution in [0.1, 0.15) is 16.2 Å². The lowest BCUT2D eigenvalue weighted by Crippen LogP contribution is -2.40. The first kappa shape index (κ1) is 9.82. The summed E-state index contributed by atoms with van der Waals surface area (Å²) in [6, 6.07) is 0. The molecule has 8 heteroatoms. The second-order valence-electron chi connectivity index (χ2n) is 3.81. The van der Waals surface area contributed by atoms with E-state index in [1.807, 2.05) is 0 Å². The molecule has 1 aliphatic heterocycles. The van der Waals surface area contributed by atoms with E-state index in [0.29, 0.717) is 31.0 Å². The van der Waals surface area contributed by atoms with Crippen LogP contribution >= 0.6 is 0 Å². The standard InChI is InChI=1S/C9H10N6O2/c16-8(6-3-10-11-4-6)14-1-2-15-7(5-14)12-13-9(15)17/h3-4H,1-2,5H2,(H,10,11)(H,13,17). The maximum atomic E-state index is 12.0. The molecule has 88 valence electrons. The quantitative estimate of drug-likeness (QED) is 0.657. The highest BCUT2D eigenvalue weighted by molar-refractivity contribution is 5.93. The van der Waals surface area contributed by atoms with Gasteiger partial charge in [-0.3, -0.25) is 14.5 Å². The van der Waals surface area contributed by atoms with Crippen LogP contribution in [0.2, 0.25) is 0 Å². The van der Waals surface area contributed by atoms with Gasteiger partial charge in [0.25, 0.3) is 5.91 Å². The number of H-pyrrole nitrogens is 2. The number of amides is 1. The highest BCUT2D eigenvalue weighted by atomic mass is 16.2. The van der Waals surface area contributed by atoms with Crippen molar-refractivity contribution >= 4 is 5.91 Å². The fourth-order valence-electron chi connectivity index (χ4n) is 1.90. The lowest BCUT2D eigenvalue weighted by atomic mass is 10.2. The van der Waals surface area contributed by atoms with Crippen molar-refractivity contribution in [2.75, 3.05) is 6.54 Å². The van der Waals surface area contributed by atoms with Crippen molar-refractivity contribution in [2.45, 2.75) is 13.1 Å². The molecule has 0 unspecified atom stereocenters. The van der Waals surface area contributed by atoms with Crippen molar-refractivity contribution in [1.29, 1.82) is 0 Å². The van der Waals surface area contributed by atoms with E-state index in [0.717, 1.165) is 0 Å². The number of nitrogens with one attached hydrogen (secondary N) is 2. The fraction of sp³-hybridized carbons (Fsp3) is 0.333. The van der Waals surface area contributed by atoms with Crippen molar-refractivity contribution in [3.05, 3.63) is 34.3 Å². The third-order valence-electron chi connectivity index (χ3n) is 2.80. The van der Waals surface area contributed by atoms with E-state index in [9.17, 15) is 9.59 Å². The number of aromatic nitrogens is 5. The monoisotopic (exact) mass is 234 g/mol. The minimum Gasteiger partial charge on any atom is -0.329 e. The molecule has 8 nitrogen and oxygen atoms in total. The molecule has 2 aromatic heterocycles. The van der Waals surface area contributed by atoms with E-state index in [-0.39, 0.29) is 11.6 Å². The summed E-state index contributed by atoms with van der Waals surface area (Å²) >= 11 is 0. The van der Waals surface area contributed by atoms with Crippen LogP contribution in [0.3, 0.4) is 0 Å². The first-order valence-electron chi connectivity index (χ1n) is 5.18. The molecule has 0 aromatic carbocycles. The maximum absolute atomic E-state index is 12.0. The molecule has 0 fully saturated rings. The van der Waals surface area contributed by atoms with Gasteiger partial charge in [0, 0.05) is 19.3 Å². The third-order valence-corrected chi connectivity index (χ3v) is 2.80. The minimum absolute atomic E-state index is 0.111. The van der Waals surface area contributed by atoms with Gasteiger partial charge in [0.05, 0.1) is 18.3 Å². The van der Waals surface area contributed by atoms with Gasteiger partial charge in [-0.05, 0) is 0 Å². The summed E-state index contributed by atoms with van der Waals surface area (Å²) in [6.45, 7) is 1.30. The summed E-state index contributed by atoms with van der Waals surface area (Å²) in [6.07, 6.45) is 3.03. The van der Waals surface area contributed by atoms with E-state index in [1.54, 1.807) is 15.7 Å². The molecular weight excluding hydrogens is 224 g/mol. The molecule has 1 aliphatic rings. The Bertz CT molecular complexity index is 595. The van der Waals surface area contributed by atoms with Gasteiger partial charge in [0.2, 0.25) is 0 Å². The number of hydrogen-bond acceptors (Lipinski definition) is 4. The summed E-state index contributed by atoms with van der Waals surface area (Å²) < 4.78 is 1.54. The summed E-state index contributed by atoms with van der Waals surface area (Å²) in [4.78, 5) is 25.0. The molecule has 1 amide bonds. The Balaban J connectivity index is 1.85. The van der Waals surface area contributed by atoms with Crippen LogP contribution in [0.5, 0.6) is 0 Å². The van der Waals surface area contributed by atoms with Crippen LogP contribution in [0.4, 0.5) is 0 Å². The lowest BCUT2D eigenvalue weighted by molar-refractivity contribution is 0.0706. The predicted octanol–water partition coefficient (Wildman–Crippen LogP) is -1.05. The second-order valence-corrected chi connectivity index (χ2v) is 3.81. The molecule has 0 saturated carbocycles. The highest BCUT2D eigenvalue weighted by Crippen LogP contribution is 2.10. The fourth-order valence-corrected chi connectivity index (χ4v) is 1.90. The first-order valence-corrected chi connectivity index (χ1v) is 5.18. The number of hydrogen-bond donors (Lipinski definition) is 2. The number of carbonyl (C=O) groups is 1. The second kappa shape index (κ2) is 3.58. The Hall–Kier alpha value is -2.38. The number of aromatic amines is 2. The van der Waals surface area contributed by atoms with Gasteiger partial charge in [0.1, 0.15) is 0 Å². The Labute approximate surface area is 95.2 Å². The van der Waals surface area contributed by atoms with Gasteiger partial charge in [-0.15, -0.1) is 0 Å². The molecule has 0 spiro atoms. The van der Waals surface area contributed by atoms with Gasteiger partial charge in [0.15, 0.2) is 5.82 Å². The third kappa shape index (κ3) is 1.53. The van der Waals surface area contributed by atoms with Crippen molar-refractivity contribution in [3.63, 3.8) is 0 Å². The van der Waals surface area contributed by atoms with Crippen molar-refractivity contribution < 1.29 is 4.79 Å². The van der Waals surface area contributed by atoms with E-state index in [4.69, 9.17) is 0 Å². The molecule has 0 saturated heterocycles. The summed E-state index contributed by atoms with van der Waals surface area (Å²) in [5, 5.41) is 12.6. The zero-order valence-corrected chi connectivity index (χ0v) is 8.88. The van der Waals surface area contributed by atoms with Crippen molar-refractivity contribution in [1.82, 2.24) is 29.9 Å². The topological polar surface area (TPSA) is 99.7 Å². The number of fused-ring (bicyclic) bond motifs is 1. The Morgan fingerprint density at radius 2 is 2.29 bits per heavy atom. The highest BCUT2D eigenvalue weighted by Gasteiger charge is 2.24. The first-order chi connectivity index (χ1) is 8.25. The molecule has 0 radical (unpaired) electrons. The molecule has 0 aliphatic carbocycles. The number of carbonyl (C=O) groups excluding carboxylic acids is 1.